The Kier molecular flexibility index (Phi) is 6.08. The zero-order valence-corrected chi connectivity index (χ0v) is 18.3. The molecule has 2 aromatic heterocycles. The van der Waals surface area contributed by atoms with E-state index in [1.54, 1.807) is 6.92 Å². The molecule has 0 bridgehead atoms. The summed E-state index contributed by atoms with van der Waals surface area (Å²) < 4.78 is 81.0. The van der Waals surface area contributed by atoms with Gasteiger partial charge in [-0.3, -0.25) is 0 Å². The van der Waals surface area contributed by atoms with Crippen molar-refractivity contribution in [2.75, 3.05) is 29.1 Å². The van der Waals surface area contributed by atoms with Gasteiger partial charge in [0.2, 0.25) is 5.95 Å². The maximum Gasteiger partial charge on any atom is 0.267 e. The number of fused-ring (bicyclic) bond motifs is 1. The number of hydrogen-bond donors (Lipinski definition) is 1. The van der Waals surface area contributed by atoms with Crippen LogP contribution >= 0.6 is 0 Å². The lowest BCUT2D eigenvalue weighted by atomic mass is 10.2. The van der Waals surface area contributed by atoms with Crippen LogP contribution in [0.2, 0.25) is 0 Å². The van der Waals surface area contributed by atoms with Crippen molar-refractivity contribution in [3.8, 4) is 0 Å². The number of anilines is 3. The predicted molar refractivity (Wildman–Crippen MR) is 114 cm³/mol. The first kappa shape index (κ1) is 23.1. The number of nitrogens with zero attached hydrogens (tertiary/aromatic N) is 5. The Bertz CT molecular complexity index is 1310. The lowest BCUT2D eigenvalue weighted by molar-refractivity contribution is 0.0256. The normalized spacial score (nSPS) is 15.8. The number of rotatable bonds is 7. The molecule has 3 aromatic rings. The van der Waals surface area contributed by atoms with Crippen molar-refractivity contribution in [3.63, 3.8) is 0 Å². The molecule has 0 saturated carbocycles. The van der Waals surface area contributed by atoms with Crippen molar-refractivity contribution in [3.05, 3.63) is 41.9 Å². The van der Waals surface area contributed by atoms with Gasteiger partial charge in [0.25, 0.3) is 5.92 Å². The minimum absolute atomic E-state index is 0.0119. The molecule has 0 amide bonds. The second-order valence-corrected chi connectivity index (χ2v) is 9.95. The number of sulfone groups is 1. The van der Waals surface area contributed by atoms with Crippen LogP contribution in [0.25, 0.3) is 11.0 Å². The van der Waals surface area contributed by atoms with E-state index in [2.05, 4.69) is 25.3 Å². The van der Waals surface area contributed by atoms with Crippen LogP contribution in [0.1, 0.15) is 25.3 Å². The van der Waals surface area contributed by atoms with E-state index in [9.17, 15) is 21.6 Å². The molecule has 1 aromatic carbocycles. The molecule has 0 radical (unpaired) electrons. The molecule has 1 aliphatic heterocycles. The molecular weight excluding hydrogens is 464 g/mol. The van der Waals surface area contributed by atoms with Gasteiger partial charge in [0.05, 0.1) is 24.2 Å². The third kappa shape index (κ3) is 4.97. The summed E-state index contributed by atoms with van der Waals surface area (Å²) in [4.78, 5) is 17.6. The fraction of sp³-hybridized carbons (Fsp3) is 0.400. The van der Waals surface area contributed by atoms with Gasteiger partial charge in [-0.2, -0.15) is 0 Å². The molecule has 0 aliphatic carbocycles. The van der Waals surface area contributed by atoms with Crippen molar-refractivity contribution in [2.45, 2.75) is 31.4 Å². The summed E-state index contributed by atoms with van der Waals surface area (Å²) >= 11 is 0. The number of hydrogen-bond acceptors (Lipinski definition) is 8. The van der Waals surface area contributed by atoms with Gasteiger partial charge in [-0.25, -0.2) is 45.9 Å². The van der Waals surface area contributed by atoms with Crippen LogP contribution < -0.4 is 10.2 Å². The highest BCUT2D eigenvalue weighted by Crippen LogP contribution is 2.32. The van der Waals surface area contributed by atoms with Crippen molar-refractivity contribution in [1.82, 2.24) is 19.9 Å². The number of nitrogens with one attached hydrogen (secondary N) is 1. The average molecular weight is 484 g/mol. The third-order valence-corrected chi connectivity index (χ3v) is 6.90. The Balaban J connectivity index is 1.70. The van der Waals surface area contributed by atoms with Crippen LogP contribution in [0.4, 0.5) is 35.0 Å². The van der Waals surface area contributed by atoms with Crippen LogP contribution in [-0.2, 0) is 15.6 Å². The topological polar surface area (TPSA) is 101 Å². The van der Waals surface area contributed by atoms with Crippen LogP contribution in [0, 0.1) is 11.6 Å². The van der Waals surface area contributed by atoms with Crippen molar-refractivity contribution < 1.29 is 26.0 Å². The summed E-state index contributed by atoms with van der Waals surface area (Å²) in [5.74, 6) is -5.68. The van der Waals surface area contributed by atoms with Gasteiger partial charge in [-0.05, 0) is 12.5 Å². The van der Waals surface area contributed by atoms with Crippen LogP contribution in [0.15, 0.2) is 24.7 Å². The number of alkyl halides is 2. The molecule has 0 unspecified atom stereocenters. The molecule has 1 N–H and O–H groups in total. The fourth-order valence-corrected chi connectivity index (χ4v) is 5.02. The van der Waals surface area contributed by atoms with E-state index in [-0.39, 0.29) is 47.1 Å². The van der Waals surface area contributed by atoms with Crippen LogP contribution in [0.5, 0.6) is 0 Å². The van der Waals surface area contributed by atoms with Gasteiger partial charge in [0.15, 0.2) is 21.5 Å². The van der Waals surface area contributed by atoms with Gasteiger partial charge in [-0.15, -0.1) is 0 Å². The Hall–Kier alpha value is -3.09. The highest BCUT2D eigenvalue weighted by atomic mass is 32.2. The maximum absolute atomic E-state index is 15.1. The van der Waals surface area contributed by atoms with Crippen LogP contribution in [-0.4, -0.2) is 53.1 Å². The van der Waals surface area contributed by atoms with Gasteiger partial charge in [-0.1, -0.05) is 13.0 Å². The lowest BCUT2D eigenvalue weighted by Crippen LogP contribution is -2.26. The fourth-order valence-electron chi connectivity index (χ4n) is 3.56. The first-order valence-electron chi connectivity index (χ1n) is 10.1. The molecule has 8 nitrogen and oxygen atoms in total. The summed E-state index contributed by atoms with van der Waals surface area (Å²) in [6.07, 6.45) is 2.47. The third-order valence-electron chi connectivity index (χ3n) is 5.12. The molecule has 0 spiro atoms. The van der Waals surface area contributed by atoms with Crippen molar-refractivity contribution in [2.24, 2.45) is 0 Å². The maximum atomic E-state index is 15.1. The standard InChI is InChI=1S/C20H20F4N6O2S/c1-2-7-33(31,32)9-12-3-4-13(21)16(15(12)22)28-18-17-14(26-11-27-18)8-25-19(29-17)30-6-5-20(23,24)10-30/h3-4,8,11H,2,5-7,9-10H2,1H3,(H,26,27,28). The molecule has 1 aliphatic rings. The second kappa shape index (κ2) is 8.69. The first-order valence-corrected chi connectivity index (χ1v) is 12.0. The zero-order valence-electron chi connectivity index (χ0n) is 17.5. The van der Waals surface area contributed by atoms with Crippen molar-refractivity contribution in [1.29, 1.82) is 0 Å². The monoisotopic (exact) mass is 484 g/mol. The minimum atomic E-state index is -3.57. The molecule has 4 rings (SSSR count). The number of halogens is 4. The van der Waals surface area contributed by atoms with E-state index in [1.165, 1.54) is 11.1 Å². The summed E-state index contributed by atoms with van der Waals surface area (Å²) in [6, 6.07) is 2.04. The summed E-state index contributed by atoms with van der Waals surface area (Å²) in [5.41, 5.74) is -0.502. The number of benzene rings is 1. The summed E-state index contributed by atoms with van der Waals surface area (Å²) in [6.45, 7) is 1.18. The molecule has 176 valence electrons. The zero-order chi connectivity index (χ0) is 23.8. The largest absolute Gasteiger partial charge is 0.335 e. The van der Waals surface area contributed by atoms with E-state index < -0.39 is 45.4 Å². The lowest BCUT2D eigenvalue weighted by Gasteiger charge is -2.17. The molecule has 1 saturated heterocycles. The van der Waals surface area contributed by atoms with E-state index >= 15 is 4.39 Å². The summed E-state index contributed by atoms with van der Waals surface area (Å²) in [7, 11) is -3.57. The highest BCUT2D eigenvalue weighted by molar-refractivity contribution is 7.90. The smallest absolute Gasteiger partial charge is 0.267 e. The highest BCUT2D eigenvalue weighted by Gasteiger charge is 2.39. The molecule has 33 heavy (non-hydrogen) atoms. The Morgan fingerprint density at radius 3 is 2.67 bits per heavy atom. The summed E-state index contributed by atoms with van der Waals surface area (Å²) in [5, 5.41) is 2.52. The minimum Gasteiger partial charge on any atom is -0.335 e. The Labute approximate surface area is 187 Å². The molecular formula is C20H20F4N6O2S. The Morgan fingerprint density at radius 2 is 1.97 bits per heavy atom. The predicted octanol–water partition coefficient (Wildman–Crippen LogP) is 3.61. The van der Waals surface area contributed by atoms with Crippen molar-refractivity contribution >= 4 is 38.3 Å². The first-order chi connectivity index (χ1) is 15.6. The Morgan fingerprint density at radius 1 is 1.18 bits per heavy atom. The van der Waals surface area contributed by atoms with Gasteiger partial charge in [0.1, 0.15) is 28.9 Å². The van der Waals surface area contributed by atoms with E-state index in [0.717, 1.165) is 18.5 Å². The van der Waals surface area contributed by atoms with E-state index in [4.69, 9.17) is 0 Å². The molecule has 1 fully saturated rings. The van der Waals surface area contributed by atoms with Crippen LogP contribution in [0.3, 0.4) is 0 Å². The average Bonchev–Trinajstić information content (AvgIpc) is 3.12. The van der Waals surface area contributed by atoms with E-state index in [1.807, 2.05) is 0 Å². The van der Waals surface area contributed by atoms with Gasteiger partial charge in [0, 0.05) is 18.5 Å². The quantitative estimate of drug-likeness (QED) is 0.508. The number of aromatic nitrogens is 4. The molecule has 0 atom stereocenters. The SMILES string of the molecule is CCCS(=O)(=O)Cc1ccc(F)c(Nc2ncnc3cnc(N4CCC(F)(F)C4)nc23)c1F. The van der Waals surface area contributed by atoms with Gasteiger partial charge < -0.3 is 10.2 Å². The molecule has 3 heterocycles. The molecule has 13 heteroatoms. The van der Waals surface area contributed by atoms with Gasteiger partial charge >= 0.3 is 0 Å². The second-order valence-electron chi connectivity index (χ2n) is 7.77. The van der Waals surface area contributed by atoms with E-state index in [0.29, 0.717) is 6.42 Å².